The third-order valence-corrected chi connectivity index (χ3v) is 1.78. The molecule has 2 nitrogen and oxygen atoms in total. The van der Waals surface area contributed by atoms with E-state index in [1.807, 2.05) is 0 Å². The molecule has 1 heterocycles. The first-order valence-corrected chi connectivity index (χ1v) is 4.24. The minimum atomic E-state index is -4.20. The van der Waals surface area contributed by atoms with Crippen LogP contribution in [0.3, 0.4) is 0 Å². The number of aliphatic hydroxyl groups is 1. The summed E-state index contributed by atoms with van der Waals surface area (Å²) >= 11 is 0. The predicted octanol–water partition coefficient (Wildman–Crippen LogP) is 2.53. The van der Waals surface area contributed by atoms with E-state index in [1.165, 1.54) is 6.26 Å². The predicted molar refractivity (Wildman–Crippen MR) is 43.7 cm³/mol. The number of hydrogen-bond donors (Lipinski definition) is 1. The number of aliphatic hydroxyl groups excluding tert-OH is 1. The molecular weight excluding hydrogens is 197 g/mol. The summed E-state index contributed by atoms with van der Waals surface area (Å²) in [5.74, 6) is 0.500. The molecule has 1 aromatic rings. The molecule has 0 fully saturated rings. The standard InChI is InChI=1S/C9H11F3O2/c10-9(11,12)4-3-7(13)6-8-2-1-5-14-8/h1-2,5,7,13H,3-4,6H2. The van der Waals surface area contributed by atoms with Crippen LogP contribution in [0.4, 0.5) is 13.2 Å². The molecule has 0 amide bonds. The lowest BCUT2D eigenvalue weighted by Gasteiger charge is -2.10. The van der Waals surface area contributed by atoms with Gasteiger partial charge in [0, 0.05) is 12.8 Å². The monoisotopic (exact) mass is 208 g/mol. The molecule has 0 aliphatic rings. The SMILES string of the molecule is OC(CCC(F)(F)F)Cc1ccco1. The maximum atomic E-state index is 11.8. The number of furan rings is 1. The summed E-state index contributed by atoms with van der Waals surface area (Å²) in [7, 11) is 0. The van der Waals surface area contributed by atoms with Crippen molar-refractivity contribution in [3.63, 3.8) is 0 Å². The lowest BCUT2D eigenvalue weighted by Crippen LogP contribution is -2.16. The topological polar surface area (TPSA) is 33.4 Å². The van der Waals surface area contributed by atoms with Crippen molar-refractivity contribution in [3.05, 3.63) is 24.2 Å². The van der Waals surface area contributed by atoms with Crippen molar-refractivity contribution in [1.29, 1.82) is 0 Å². The van der Waals surface area contributed by atoms with Crippen LogP contribution in [0.2, 0.25) is 0 Å². The molecule has 0 aromatic carbocycles. The van der Waals surface area contributed by atoms with Crippen LogP contribution in [0.1, 0.15) is 18.6 Å². The normalized spacial score (nSPS) is 14.3. The van der Waals surface area contributed by atoms with E-state index in [9.17, 15) is 18.3 Å². The summed E-state index contributed by atoms with van der Waals surface area (Å²) < 4.78 is 40.2. The minimum Gasteiger partial charge on any atom is -0.469 e. The lowest BCUT2D eigenvalue weighted by molar-refractivity contribution is -0.140. The van der Waals surface area contributed by atoms with Crippen LogP contribution in [0.5, 0.6) is 0 Å². The number of alkyl halides is 3. The Morgan fingerprint density at radius 1 is 1.43 bits per heavy atom. The summed E-state index contributed by atoms with van der Waals surface area (Å²) in [5.41, 5.74) is 0. The van der Waals surface area contributed by atoms with Gasteiger partial charge in [-0.1, -0.05) is 0 Å². The van der Waals surface area contributed by atoms with Gasteiger partial charge in [0.2, 0.25) is 0 Å². The Bertz CT molecular complexity index is 254. The quantitative estimate of drug-likeness (QED) is 0.824. The fourth-order valence-corrected chi connectivity index (χ4v) is 1.09. The Hall–Kier alpha value is -0.970. The zero-order valence-corrected chi connectivity index (χ0v) is 7.42. The van der Waals surface area contributed by atoms with Gasteiger partial charge in [-0.25, -0.2) is 0 Å². The number of hydrogen-bond acceptors (Lipinski definition) is 2. The molecule has 1 rings (SSSR count). The first-order chi connectivity index (χ1) is 6.47. The Balaban J connectivity index is 2.26. The average molecular weight is 208 g/mol. The van der Waals surface area contributed by atoms with Crippen LogP contribution in [0.25, 0.3) is 0 Å². The van der Waals surface area contributed by atoms with Crippen molar-refractivity contribution in [2.24, 2.45) is 0 Å². The summed E-state index contributed by atoms with van der Waals surface area (Å²) in [6.07, 6.45) is -4.90. The second kappa shape index (κ2) is 4.50. The van der Waals surface area contributed by atoms with Crippen molar-refractivity contribution in [3.8, 4) is 0 Å². The molecule has 5 heteroatoms. The molecule has 1 N–H and O–H groups in total. The summed E-state index contributed by atoms with van der Waals surface area (Å²) in [5, 5.41) is 9.22. The molecule has 0 aliphatic carbocycles. The van der Waals surface area contributed by atoms with E-state index in [2.05, 4.69) is 0 Å². The van der Waals surface area contributed by atoms with Gasteiger partial charge >= 0.3 is 6.18 Å². The van der Waals surface area contributed by atoms with Gasteiger partial charge in [0.15, 0.2) is 0 Å². The van der Waals surface area contributed by atoms with E-state index in [0.29, 0.717) is 5.76 Å². The van der Waals surface area contributed by atoms with Crippen molar-refractivity contribution in [2.45, 2.75) is 31.5 Å². The molecule has 14 heavy (non-hydrogen) atoms. The van der Waals surface area contributed by atoms with E-state index in [0.717, 1.165) is 0 Å². The molecule has 0 saturated carbocycles. The van der Waals surface area contributed by atoms with Gasteiger partial charge in [-0.3, -0.25) is 0 Å². The molecular formula is C9H11F3O2. The van der Waals surface area contributed by atoms with Gasteiger partial charge in [0.25, 0.3) is 0 Å². The highest BCUT2D eigenvalue weighted by Gasteiger charge is 2.27. The van der Waals surface area contributed by atoms with Crippen molar-refractivity contribution >= 4 is 0 Å². The van der Waals surface area contributed by atoms with Gasteiger partial charge in [-0.15, -0.1) is 0 Å². The third-order valence-electron chi connectivity index (χ3n) is 1.78. The van der Waals surface area contributed by atoms with Crippen LogP contribution in [0.15, 0.2) is 22.8 Å². The van der Waals surface area contributed by atoms with E-state index < -0.39 is 18.7 Å². The second-order valence-corrected chi connectivity index (χ2v) is 3.09. The maximum absolute atomic E-state index is 11.8. The van der Waals surface area contributed by atoms with Gasteiger partial charge in [-0.2, -0.15) is 13.2 Å². The Morgan fingerprint density at radius 2 is 2.14 bits per heavy atom. The fourth-order valence-electron chi connectivity index (χ4n) is 1.09. The molecule has 0 aliphatic heterocycles. The molecule has 0 bridgehead atoms. The average Bonchev–Trinajstić information content (AvgIpc) is 2.52. The van der Waals surface area contributed by atoms with Gasteiger partial charge in [0.05, 0.1) is 12.4 Å². The zero-order valence-electron chi connectivity index (χ0n) is 7.42. The summed E-state index contributed by atoms with van der Waals surface area (Å²) in [4.78, 5) is 0. The van der Waals surface area contributed by atoms with Gasteiger partial charge in [0.1, 0.15) is 5.76 Å². The highest BCUT2D eigenvalue weighted by molar-refractivity contribution is 4.99. The Morgan fingerprint density at radius 3 is 2.64 bits per heavy atom. The highest BCUT2D eigenvalue weighted by Crippen LogP contribution is 2.23. The number of rotatable bonds is 4. The van der Waals surface area contributed by atoms with E-state index in [-0.39, 0.29) is 12.8 Å². The third kappa shape index (κ3) is 4.32. The van der Waals surface area contributed by atoms with E-state index in [4.69, 9.17) is 4.42 Å². The molecule has 1 aromatic heterocycles. The van der Waals surface area contributed by atoms with E-state index >= 15 is 0 Å². The van der Waals surface area contributed by atoms with E-state index in [1.54, 1.807) is 12.1 Å². The molecule has 0 radical (unpaired) electrons. The van der Waals surface area contributed by atoms with Crippen LogP contribution in [0, 0.1) is 0 Å². The highest BCUT2D eigenvalue weighted by atomic mass is 19.4. The van der Waals surface area contributed by atoms with Crippen LogP contribution in [-0.4, -0.2) is 17.4 Å². The van der Waals surface area contributed by atoms with Crippen molar-refractivity contribution in [2.75, 3.05) is 0 Å². The minimum absolute atomic E-state index is 0.128. The fraction of sp³-hybridized carbons (Fsp3) is 0.556. The summed E-state index contributed by atoms with van der Waals surface area (Å²) in [6, 6.07) is 3.25. The lowest BCUT2D eigenvalue weighted by atomic mass is 10.1. The zero-order chi connectivity index (χ0) is 10.6. The molecule has 0 saturated heterocycles. The van der Waals surface area contributed by atoms with Crippen molar-refractivity contribution in [1.82, 2.24) is 0 Å². The first kappa shape index (κ1) is 11.1. The first-order valence-electron chi connectivity index (χ1n) is 4.24. The van der Waals surface area contributed by atoms with Crippen LogP contribution in [-0.2, 0) is 6.42 Å². The second-order valence-electron chi connectivity index (χ2n) is 3.09. The van der Waals surface area contributed by atoms with Crippen LogP contribution >= 0.6 is 0 Å². The van der Waals surface area contributed by atoms with Crippen LogP contribution < -0.4 is 0 Å². The Kier molecular flexibility index (Phi) is 3.57. The largest absolute Gasteiger partial charge is 0.469 e. The summed E-state index contributed by atoms with van der Waals surface area (Å²) in [6.45, 7) is 0. The molecule has 1 atom stereocenters. The maximum Gasteiger partial charge on any atom is 0.389 e. The van der Waals surface area contributed by atoms with Gasteiger partial charge < -0.3 is 9.52 Å². The Labute approximate surface area is 79.3 Å². The number of halogens is 3. The van der Waals surface area contributed by atoms with Gasteiger partial charge in [-0.05, 0) is 18.6 Å². The molecule has 0 spiro atoms. The van der Waals surface area contributed by atoms with Crippen molar-refractivity contribution < 1.29 is 22.7 Å². The molecule has 1 unspecified atom stereocenters. The smallest absolute Gasteiger partial charge is 0.389 e. The molecule has 80 valence electrons.